The Labute approximate surface area is 204 Å². The molecule has 0 spiro atoms. The summed E-state index contributed by atoms with van der Waals surface area (Å²) >= 11 is 0. The third-order valence-corrected chi connectivity index (χ3v) is 7.93. The Hall–Kier alpha value is -3.81. The highest BCUT2D eigenvalue weighted by Crippen LogP contribution is 2.30. The Balaban J connectivity index is 1.54. The zero-order valence-electron chi connectivity index (χ0n) is 19.3. The summed E-state index contributed by atoms with van der Waals surface area (Å²) < 4.78 is 35.9. The Morgan fingerprint density at radius 3 is 2.06 bits per heavy atom. The molecule has 0 aliphatic heterocycles. The molecule has 1 atom stereocenters. The van der Waals surface area contributed by atoms with Crippen LogP contribution in [0.2, 0.25) is 0 Å². The molecule has 5 aromatic rings. The van der Waals surface area contributed by atoms with E-state index in [1.54, 1.807) is 54.6 Å². The smallest absolute Gasteiger partial charge is 0.264 e. The minimum absolute atomic E-state index is 0.120. The van der Waals surface area contributed by atoms with Crippen LogP contribution >= 0.6 is 0 Å². The summed E-state index contributed by atoms with van der Waals surface area (Å²) in [6, 6.07) is 31.2. The number of ether oxygens (including phenoxy) is 1. The van der Waals surface area contributed by atoms with Crippen LogP contribution in [0.25, 0.3) is 21.8 Å². The highest BCUT2D eigenvalue weighted by Gasteiger charge is 2.28. The standard InChI is InChI=1S/C28H26N2O4S/c1-34-23-11-9-10-21(18-23)30(35(32,33)24-12-3-2-4-13-24)20-22(31)19-29-27-16-7-5-14-25(27)26-15-6-8-17-28(26)29/h2-18,22,31H,19-20H2,1H3/t22-/m1/s1. The van der Waals surface area contributed by atoms with Gasteiger partial charge in [-0.15, -0.1) is 0 Å². The number of para-hydroxylation sites is 2. The number of fused-ring (bicyclic) bond motifs is 3. The van der Waals surface area contributed by atoms with Gasteiger partial charge >= 0.3 is 0 Å². The Morgan fingerprint density at radius 1 is 0.829 bits per heavy atom. The molecule has 4 aromatic carbocycles. The number of aliphatic hydroxyl groups is 1. The Morgan fingerprint density at radius 2 is 1.43 bits per heavy atom. The number of sulfonamides is 1. The van der Waals surface area contributed by atoms with Gasteiger partial charge < -0.3 is 14.4 Å². The van der Waals surface area contributed by atoms with Crippen molar-refractivity contribution in [1.29, 1.82) is 0 Å². The fourth-order valence-electron chi connectivity index (χ4n) is 4.49. The minimum Gasteiger partial charge on any atom is -0.497 e. The quantitative estimate of drug-likeness (QED) is 0.333. The van der Waals surface area contributed by atoms with Crippen LogP contribution in [0.1, 0.15) is 0 Å². The largest absolute Gasteiger partial charge is 0.497 e. The molecular weight excluding hydrogens is 460 g/mol. The maximum absolute atomic E-state index is 13.7. The first-order chi connectivity index (χ1) is 17.0. The number of hydrogen-bond donors (Lipinski definition) is 1. The van der Waals surface area contributed by atoms with E-state index in [-0.39, 0.29) is 18.0 Å². The third-order valence-electron chi connectivity index (χ3n) is 6.12. The van der Waals surface area contributed by atoms with Crippen molar-refractivity contribution in [3.8, 4) is 5.75 Å². The number of rotatable bonds is 8. The van der Waals surface area contributed by atoms with Crippen molar-refractivity contribution in [2.45, 2.75) is 17.5 Å². The number of aromatic nitrogens is 1. The van der Waals surface area contributed by atoms with Gasteiger partial charge in [-0.25, -0.2) is 8.42 Å². The van der Waals surface area contributed by atoms with E-state index >= 15 is 0 Å². The third kappa shape index (κ3) is 4.36. The van der Waals surface area contributed by atoms with E-state index in [2.05, 4.69) is 12.1 Å². The molecule has 1 N–H and O–H groups in total. The van der Waals surface area contributed by atoms with Crippen molar-refractivity contribution in [2.75, 3.05) is 18.0 Å². The fraction of sp³-hybridized carbons (Fsp3) is 0.143. The van der Waals surface area contributed by atoms with Gasteiger partial charge in [0.05, 0.1) is 36.9 Å². The van der Waals surface area contributed by atoms with Crippen LogP contribution in [-0.2, 0) is 16.6 Å². The molecule has 0 aliphatic carbocycles. The molecule has 0 amide bonds. The summed E-state index contributed by atoms with van der Waals surface area (Å²) in [5.74, 6) is 0.535. The predicted molar refractivity (Wildman–Crippen MR) is 139 cm³/mol. The average Bonchev–Trinajstić information content (AvgIpc) is 3.21. The summed E-state index contributed by atoms with van der Waals surface area (Å²) in [5, 5.41) is 13.4. The van der Waals surface area contributed by atoms with Gasteiger partial charge in [0.15, 0.2) is 0 Å². The number of aliphatic hydroxyl groups excluding tert-OH is 1. The van der Waals surface area contributed by atoms with Crippen LogP contribution < -0.4 is 9.04 Å². The molecule has 7 heteroatoms. The van der Waals surface area contributed by atoms with Gasteiger partial charge in [0.25, 0.3) is 10.0 Å². The normalized spacial score (nSPS) is 12.6. The molecule has 35 heavy (non-hydrogen) atoms. The maximum atomic E-state index is 13.7. The zero-order chi connectivity index (χ0) is 24.4. The molecular formula is C28H26N2O4S. The fourth-order valence-corrected chi connectivity index (χ4v) is 6.00. The van der Waals surface area contributed by atoms with E-state index in [1.807, 2.05) is 41.0 Å². The second kappa shape index (κ2) is 9.44. The number of benzene rings is 4. The van der Waals surface area contributed by atoms with E-state index in [9.17, 15) is 13.5 Å². The molecule has 1 heterocycles. The Bertz CT molecular complexity index is 1530. The van der Waals surface area contributed by atoms with Gasteiger partial charge in [-0.3, -0.25) is 4.31 Å². The molecule has 5 rings (SSSR count). The molecule has 0 bridgehead atoms. The van der Waals surface area contributed by atoms with Crippen molar-refractivity contribution in [3.63, 3.8) is 0 Å². The second-order valence-corrected chi connectivity index (χ2v) is 10.2. The summed E-state index contributed by atoms with van der Waals surface area (Å²) in [7, 11) is -2.40. The molecule has 0 saturated heterocycles. The van der Waals surface area contributed by atoms with Crippen molar-refractivity contribution in [2.24, 2.45) is 0 Å². The molecule has 0 saturated carbocycles. The Kier molecular flexibility index (Phi) is 6.19. The van der Waals surface area contributed by atoms with Crippen molar-refractivity contribution >= 4 is 37.5 Å². The highest BCUT2D eigenvalue weighted by molar-refractivity contribution is 7.92. The first-order valence-electron chi connectivity index (χ1n) is 11.3. The molecule has 0 fully saturated rings. The average molecular weight is 487 g/mol. The van der Waals surface area contributed by atoms with E-state index in [1.165, 1.54) is 11.4 Å². The van der Waals surface area contributed by atoms with Gasteiger partial charge in [0, 0.05) is 27.9 Å². The van der Waals surface area contributed by atoms with Crippen LogP contribution in [0, 0.1) is 0 Å². The number of nitrogens with zero attached hydrogens (tertiary/aromatic N) is 2. The molecule has 178 valence electrons. The van der Waals surface area contributed by atoms with Crippen molar-refractivity contribution < 1.29 is 18.3 Å². The summed E-state index contributed by atoms with van der Waals surface area (Å²) in [5.41, 5.74) is 2.41. The maximum Gasteiger partial charge on any atom is 0.264 e. The first-order valence-corrected chi connectivity index (χ1v) is 12.8. The molecule has 0 unspecified atom stereocenters. The lowest BCUT2D eigenvalue weighted by atomic mass is 10.2. The van der Waals surface area contributed by atoms with Crippen LogP contribution in [-0.4, -0.2) is 37.8 Å². The number of anilines is 1. The SMILES string of the molecule is COc1cccc(N(C[C@H](O)Cn2c3ccccc3c3ccccc32)S(=O)(=O)c2ccccc2)c1. The first kappa shape index (κ1) is 23.0. The van der Waals surface area contributed by atoms with E-state index in [0.717, 1.165) is 21.8 Å². The van der Waals surface area contributed by atoms with Crippen molar-refractivity contribution in [3.05, 3.63) is 103 Å². The second-order valence-electron chi connectivity index (χ2n) is 8.35. The number of hydrogen-bond acceptors (Lipinski definition) is 4. The predicted octanol–water partition coefficient (Wildman–Crippen LogP) is 5.06. The van der Waals surface area contributed by atoms with E-state index in [4.69, 9.17) is 4.74 Å². The van der Waals surface area contributed by atoms with Gasteiger partial charge in [0.1, 0.15) is 5.75 Å². The highest BCUT2D eigenvalue weighted by atomic mass is 32.2. The van der Waals surface area contributed by atoms with Gasteiger partial charge in [0.2, 0.25) is 0 Å². The molecule has 0 radical (unpaired) electrons. The topological polar surface area (TPSA) is 71.8 Å². The van der Waals surface area contributed by atoms with Crippen LogP contribution in [0.15, 0.2) is 108 Å². The van der Waals surface area contributed by atoms with Gasteiger partial charge in [-0.1, -0.05) is 60.7 Å². The summed E-state index contributed by atoms with van der Waals surface area (Å²) in [6.45, 7) is 0.115. The molecule has 6 nitrogen and oxygen atoms in total. The lowest BCUT2D eigenvalue weighted by Crippen LogP contribution is -2.39. The van der Waals surface area contributed by atoms with E-state index in [0.29, 0.717) is 11.4 Å². The minimum atomic E-state index is -3.93. The lowest BCUT2D eigenvalue weighted by molar-refractivity contribution is 0.166. The van der Waals surface area contributed by atoms with E-state index < -0.39 is 16.1 Å². The van der Waals surface area contributed by atoms with Crippen LogP contribution in [0.3, 0.4) is 0 Å². The molecule has 1 aromatic heterocycles. The monoisotopic (exact) mass is 486 g/mol. The summed E-state index contributed by atoms with van der Waals surface area (Å²) in [6.07, 6.45) is -0.973. The number of methoxy groups -OCH3 is 1. The summed E-state index contributed by atoms with van der Waals surface area (Å²) in [4.78, 5) is 0.159. The molecule has 0 aliphatic rings. The van der Waals surface area contributed by atoms with Gasteiger partial charge in [-0.05, 0) is 36.4 Å². The lowest BCUT2D eigenvalue weighted by Gasteiger charge is -2.27. The van der Waals surface area contributed by atoms with Crippen LogP contribution in [0.4, 0.5) is 5.69 Å². The van der Waals surface area contributed by atoms with Crippen molar-refractivity contribution in [1.82, 2.24) is 4.57 Å². The van der Waals surface area contributed by atoms with Gasteiger partial charge in [-0.2, -0.15) is 0 Å². The van der Waals surface area contributed by atoms with Crippen LogP contribution in [0.5, 0.6) is 5.75 Å². The zero-order valence-corrected chi connectivity index (χ0v) is 20.1.